The van der Waals surface area contributed by atoms with Gasteiger partial charge in [0.15, 0.2) is 0 Å². The second-order valence-electron chi connectivity index (χ2n) is 4.04. The Hall–Kier alpha value is -1.73. The van der Waals surface area contributed by atoms with E-state index in [9.17, 15) is 9.59 Å². The Morgan fingerprint density at radius 2 is 2.35 bits per heavy atom. The fourth-order valence-corrected chi connectivity index (χ4v) is 3.12. The fourth-order valence-electron chi connectivity index (χ4n) is 1.70. The molecule has 2 heterocycles. The molecule has 0 N–H and O–H groups in total. The maximum Gasteiger partial charge on any atom is 0.328 e. The zero-order valence-corrected chi connectivity index (χ0v) is 12.5. The van der Waals surface area contributed by atoms with Crippen LogP contribution in [-0.4, -0.2) is 39.2 Å². The van der Waals surface area contributed by atoms with E-state index >= 15 is 0 Å². The van der Waals surface area contributed by atoms with Gasteiger partial charge in [-0.25, -0.2) is 4.79 Å². The monoisotopic (exact) mass is 308 g/mol. The maximum absolute atomic E-state index is 12.3. The van der Waals surface area contributed by atoms with Crippen LogP contribution in [0.5, 0.6) is 0 Å². The Labute approximate surface area is 126 Å². The van der Waals surface area contributed by atoms with Gasteiger partial charge in [0, 0.05) is 12.4 Å². The number of esters is 1. The van der Waals surface area contributed by atoms with Gasteiger partial charge in [-0.05, 0) is 24.6 Å². The number of carbonyl (C=O) groups is 2. The van der Waals surface area contributed by atoms with Crippen molar-refractivity contribution in [1.29, 1.82) is 0 Å². The Morgan fingerprint density at radius 1 is 1.60 bits per heavy atom. The van der Waals surface area contributed by atoms with Crippen LogP contribution in [0.1, 0.15) is 12.5 Å². The van der Waals surface area contributed by atoms with Gasteiger partial charge in [0.05, 0.1) is 12.0 Å². The molecule has 104 valence electrons. The normalized spacial score (nSPS) is 18.5. The van der Waals surface area contributed by atoms with Crippen molar-refractivity contribution in [1.82, 2.24) is 9.88 Å². The van der Waals surface area contributed by atoms with E-state index in [0.29, 0.717) is 9.23 Å². The fraction of sp³-hybridized carbons (Fsp3) is 0.231. The molecule has 20 heavy (non-hydrogen) atoms. The first-order valence-electron chi connectivity index (χ1n) is 5.79. The van der Waals surface area contributed by atoms with Gasteiger partial charge >= 0.3 is 5.97 Å². The largest absolute Gasteiger partial charge is 0.467 e. The van der Waals surface area contributed by atoms with Crippen LogP contribution in [0.3, 0.4) is 0 Å². The molecule has 1 aliphatic heterocycles. The van der Waals surface area contributed by atoms with E-state index in [0.717, 1.165) is 5.56 Å². The number of pyridine rings is 1. The Balaban J connectivity index is 2.25. The molecule has 1 saturated heterocycles. The number of thiocarbonyl (C=S) groups is 1. The highest BCUT2D eigenvalue weighted by atomic mass is 32.2. The van der Waals surface area contributed by atoms with E-state index in [1.165, 1.54) is 23.8 Å². The van der Waals surface area contributed by atoms with Crippen LogP contribution >= 0.6 is 24.0 Å². The number of rotatable bonds is 3. The highest BCUT2D eigenvalue weighted by Crippen LogP contribution is 2.33. The van der Waals surface area contributed by atoms with Crippen molar-refractivity contribution in [3.05, 3.63) is 35.0 Å². The first-order chi connectivity index (χ1) is 9.54. The quantitative estimate of drug-likeness (QED) is 0.482. The van der Waals surface area contributed by atoms with E-state index in [1.807, 2.05) is 6.07 Å². The standard InChI is InChI=1S/C13H12N2O3S2/c1-8(12(17)18-2)15-11(16)10(20-13(15)19)6-9-4-3-5-14-7-9/h3-8H,1-2H3/b10-6-/t8-/m1/s1. The van der Waals surface area contributed by atoms with Gasteiger partial charge < -0.3 is 4.74 Å². The first-order valence-corrected chi connectivity index (χ1v) is 7.02. The molecule has 0 unspecified atom stereocenters. The molecular formula is C13H12N2O3S2. The minimum absolute atomic E-state index is 0.290. The summed E-state index contributed by atoms with van der Waals surface area (Å²) in [6.45, 7) is 1.59. The summed E-state index contributed by atoms with van der Waals surface area (Å²) < 4.78 is 4.99. The van der Waals surface area contributed by atoms with Crippen molar-refractivity contribution in [3.8, 4) is 0 Å². The van der Waals surface area contributed by atoms with Crippen molar-refractivity contribution in [3.63, 3.8) is 0 Å². The number of thioether (sulfide) groups is 1. The highest BCUT2D eigenvalue weighted by molar-refractivity contribution is 8.26. The zero-order chi connectivity index (χ0) is 14.7. The average Bonchev–Trinajstić information content (AvgIpc) is 2.73. The van der Waals surface area contributed by atoms with Crippen molar-refractivity contribution in [2.45, 2.75) is 13.0 Å². The van der Waals surface area contributed by atoms with Crippen LogP contribution in [0.15, 0.2) is 29.4 Å². The summed E-state index contributed by atoms with van der Waals surface area (Å²) in [7, 11) is 1.28. The number of methoxy groups -OCH3 is 1. The third kappa shape index (κ3) is 2.88. The number of nitrogens with zero attached hydrogens (tertiary/aromatic N) is 2. The van der Waals surface area contributed by atoms with Gasteiger partial charge in [-0.1, -0.05) is 30.0 Å². The maximum atomic E-state index is 12.3. The number of amides is 1. The predicted molar refractivity (Wildman–Crippen MR) is 80.7 cm³/mol. The predicted octanol–water partition coefficient (Wildman–Crippen LogP) is 1.84. The molecule has 0 radical (unpaired) electrons. The third-order valence-corrected chi connectivity index (χ3v) is 4.07. The topological polar surface area (TPSA) is 59.5 Å². The van der Waals surface area contributed by atoms with Crippen molar-refractivity contribution in [2.75, 3.05) is 7.11 Å². The van der Waals surface area contributed by atoms with Crippen molar-refractivity contribution in [2.24, 2.45) is 0 Å². The summed E-state index contributed by atoms with van der Waals surface area (Å²) in [5.74, 6) is -0.786. The van der Waals surface area contributed by atoms with Crippen LogP contribution in [0, 0.1) is 0 Å². The molecule has 0 saturated carbocycles. The van der Waals surface area contributed by atoms with Gasteiger partial charge in [-0.15, -0.1) is 0 Å². The lowest BCUT2D eigenvalue weighted by Crippen LogP contribution is -2.42. The highest BCUT2D eigenvalue weighted by Gasteiger charge is 2.38. The van der Waals surface area contributed by atoms with Crippen LogP contribution in [0.25, 0.3) is 6.08 Å². The van der Waals surface area contributed by atoms with E-state index in [2.05, 4.69) is 9.72 Å². The van der Waals surface area contributed by atoms with Gasteiger partial charge in [0.25, 0.3) is 5.91 Å². The zero-order valence-electron chi connectivity index (χ0n) is 10.9. The smallest absolute Gasteiger partial charge is 0.328 e. The van der Waals surface area contributed by atoms with Crippen LogP contribution in [0.4, 0.5) is 0 Å². The third-order valence-electron chi connectivity index (χ3n) is 2.74. The lowest BCUT2D eigenvalue weighted by atomic mass is 10.2. The van der Waals surface area contributed by atoms with Gasteiger partial charge in [0.1, 0.15) is 10.4 Å². The van der Waals surface area contributed by atoms with Gasteiger partial charge in [-0.3, -0.25) is 14.7 Å². The molecule has 0 aliphatic carbocycles. The second-order valence-corrected chi connectivity index (χ2v) is 5.71. The molecule has 0 bridgehead atoms. The molecule has 0 spiro atoms. The summed E-state index contributed by atoms with van der Waals surface area (Å²) in [4.78, 5) is 29.6. The molecule has 7 heteroatoms. The Kier molecular flexibility index (Phi) is 4.51. The van der Waals surface area contributed by atoms with Crippen molar-refractivity contribution >= 4 is 46.3 Å². The molecule has 1 aromatic heterocycles. The minimum atomic E-state index is -0.729. The number of carbonyl (C=O) groups excluding carboxylic acids is 2. The Morgan fingerprint density at radius 3 is 2.95 bits per heavy atom. The lowest BCUT2D eigenvalue weighted by molar-refractivity contribution is -0.147. The molecule has 1 amide bonds. The van der Waals surface area contributed by atoms with E-state index < -0.39 is 12.0 Å². The molecule has 0 aromatic carbocycles. The second kappa shape index (κ2) is 6.15. The SMILES string of the molecule is COC(=O)[C@@H](C)N1C(=O)/C(=C/c2cccnc2)SC1=S. The van der Waals surface area contributed by atoms with E-state index in [4.69, 9.17) is 12.2 Å². The average molecular weight is 308 g/mol. The summed E-state index contributed by atoms with van der Waals surface area (Å²) in [6, 6.07) is 2.89. The molecular weight excluding hydrogens is 296 g/mol. The molecule has 1 atom stereocenters. The van der Waals surface area contributed by atoms with Crippen molar-refractivity contribution < 1.29 is 14.3 Å². The van der Waals surface area contributed by atoms with Crippen LogP contribution in [-0.2, 0) is 14.3 Å². The Bertz CT molecular complexity index is 587. The first kappa shape index (κ1) is 14.7. The summed E-state index contributed by atoms with van der Waals surface area (Å²) in [6.07, 6.45) is 5.01. The van der Waals surface area contributed by atoms with Crippen LogP contribution < -0.4 is 0 Å². The van der Waals surface area contributed by atoms with Gasteiger partial charge in [-0.2, -0.15) is 0 Å². The summed E-state index contributed by atoms with van der Waals surface area (Å²) >= 11 is 6.32. The number of ether oxygens (including phenoxy) is 1. The minimum Gasteiger partial charge on any atom is -0.467 e. The summed E-state index contributed by atoms with van der Waals surface area (Å²) in [5, 5.41) is 0. The molecule has 2 rings (SSSR count). The van der Waals surface area contributed by atoms with E-state index in [-0.39, 0.29) is 5.91 Å². The molecule has 1 aromatic rings. The lowest BCUT2D eigenvalue weighted by Gasteiger charge is -2.20. The van der Waals surface area contributed by atoms with Crippen LogP contribution in [0.2, 0.25) is 0 Å². The number of hydrogen-bond acceptors (Lipinski definition) is 6. The van der Waals surface area contributed by atoms with Gasteiger partial charge in [0.2, 0.25) is 0 Å². The number of aromatic nitrogens is 1. The van der Waals surface area contributed by atoms with E-state index in [1.54, 1.807) is 31.5 Å². The summed E-state index contributed by atoms with van der Waals surface area (Å²) in [5.41, 5.74) is 0.804. The number of hydrogen-bond donors (Lipinski definition) is 0. The molecule has 5 nitrogen and oxygen atoms in total. The molecule has 1 fully saturated rings. The molecule has 1 aliphatic rings.